The Balaban J connectivity index is 2.23. The van der Waals surface area contributed by atoms with E-state index in [1.165, 1.54) is 21.0 Å². The topological polar surface area (TPSA) is 200 Å². The van der Waals surface area contributed by atoms with Gasteiger partial charge in [-0.3, -0.25) is 14.4 Å². The fraction of sp³-hybridized carbons (Fsp3) is 0.881. The third-order valence-electron chi connectivity index (χ3n) is 12.6. The van der Waals surface area contributed by atoms with E-state index in [0.29, 0.717) is 12.8 Å². The van der Waals surface area contributed by atoms with Crippen molar-refractivity contribution in [3.63, 3.8) is 0 Å². The van der Waals surface area contributed by atoms with Gasteiger partial charge in [0.15, 0.2) is 12.6 Å². The summed E-state index contributed by atoms with van der Waals surface area (Å²) in [4.78, 5) is 43.7. The van der Waals surface area contributed by atoms with Crippen LogP contribution in [0, 0.1) is 23.7 Å². The quantitative estimate of drug-likeness (QED) is 0.175. The number of ether oxygens (including phenoxy) is 7. The Morgan fingerprint density at radius 3 is 2.16 bits per heavy atom. The molecule has 0 radical (unpaired) electrons. The van der Waals surface area contributed by atoms with E-state index in [4.69, 9.17) is 33.2 Å². The van der Waals surface area contributed by atoms with Crippen LogP contribution in [0.4, 0.5) is 0 Å². The zero-order chi connectivity index (χ0) is 43.4. The molecule has 3 aliphatic rings. The molecule has 3 aliphatic heterocycles. The van der Waals surface area contributed by atoms with Gasteiger partial charge in [-0.25, -0.2) is 0 Å². The van der Waals surface area contributed by atoms with Crippen molar-refractivity contribution in [2.45, 2.75) is 192 Å². The van der Waals surface area contributed by atoms with Crippen molar-refractivity contribution >= 4 is 17.7 Å². The third kappa shape index (κ3) is 11.4. The Morgan fingerprint density at radius 1 is 0.965 bits per heavy atom. The van der Waals surface area contributed by atoms with Gasteiger partial charge in [-0.05, 0) is 81.3 Å². The number of hydrogen-bond acceptors (Lipinski definition) is 15. The predicted octanol–water partition coefficient (Wildman–Crippen LogP) is 3.30. The molecule has 0 aliphatic carbocycles. The van der Waals surface area contributed by atoms with Crippen LogP contribution < -0.4 is 0 Å². The minimum Gasteiger partial charge on any atom is -0.459 e. The van der Waals surface area contributed by atoms with E-state index in [2.05, 4.69) is 6.58 Å². The molecular formula is C42H73NO14. The van der Waals surface area contributed by atoms with Crippen molar-refractivity contribution in [1.29, 1.82) is 0 Å². The highest BCUT2D eigenvalue weighted by Crippen LogP contribution is 2.41. The number of aliphatic hydroxyl groups excluding tert-OH is 2. The maximum absolute atomic E-state index is 14.4. The Labute approximate surface area is 339 Å². The Morgan fingerprint density at radius 2 is 1.60 bits per heavy atom. The molecule has 3 heterocycles. The number of nitrogens with zero attached hydrogens (tertiary/aromatic N) is 1. The van der Waals surface area contributed by atoms with Crippen molar-refractivity contribution in [2.75, 3.05) is 21.2 Å². The molecule has 0 bridgehead atoms. The number of Topliss-reactive ketones (excluding diaryl/α,β-unsaturated/α-hetero) is 1. The van der Waals surface area contributed by atoms with Crippen LogP contribution in [0.5, 0.6) is 0 Å². The summed E-state index contributed by atoms with van der Waals surface area (Å²) in [6, 6.07) is -0.347. The lowest BCUT2D eigenvalue weighted by atomic mass is 9.74. The second-order valence-electron chi connectivity index (χ2n) is 17.8. The fourth-order valence-electron chi connectivity index (χ4n) is 9.04. The third-order valence-corrected chi connectivity index (χ3v) is 12.6. The summed E-state index contributed by atoms with van der Waals surface area (Å²) in [6.45, 7) is 20.0. The van der Waals surface area contributed by atoms with Crippen molar-refractivity contribution in [3.8, 4) is 0 Å². The Kier molecular flexibility index (Phi) is 17.3. The number of carbonyl (C=O) groups excluding carboxylic acids is 3. The van der Waals surface area contributed by atoms with E-state index in [0.717, 1.165) is 0 Å². The molecule has 18 atom stereocenters. The minimum absolute atomic E-state index is 0.0474. The summed E-state index contributed by atoms with van der Waals surface area (Å²) in [7, 11) is 5.16. The smallest absolute Gasteiger partial charge is 0.311 e. The number of esters is 2. The van der Waals surface area contributed by atoms with E-state index in [9.17, 15) is 34.8 Å². The summed E-state index contributed by atoms with van der Waals surface area (Å²) >= 11 is 0. The summed E-state index contributed by atoms with van der Waals surface area (Å²) in [5.41, 5.74) is -4.95. The molecule has 15 nitrogen and oxygen atoms in total. The normalized spacial score (nSPS) is 45.5. The van der Waals surface area contributed by atoms with Gasteiger partial charge < -0.3 is 58.5 Å². The minimum atomic E-state index is -2.03. The number of methoxy groups -OCH3 is 1. The number of ketones is 1. The molecule has 4 N–H and O–H groups in total. The molecule has 0 aromatic heterocycles. The van der Waals surface area contributed by atoms with Crippen molar-refractivity contribution < 1.29 is 68.0 Å². The van der Waals surface area contributed by atoms with Crippen molar-refractivity contribution in [3.05, 3.63) is 12.7 Å². The molecule has 3 saturated heterocycles. The molecule has 330 valence electrons. The number of cyclic esters (lactones) is 1. The van der Waals surface area contributed by atoms with E-state index >= 15 is 0 Å². The SMILES string of the molecule is C=CCCC(=O)O[C@@H]1[C@@H](C)C(=O)[C@H](C)C[C@](C)(O)[C@H](O[C@@H]2O[C@H](C)C[C@H](N(C)C)[C@H]2O)[C@@H](C)[C@H](O[C@H]2C[C@@](C)(OC)[C@@H](O)[C@H](C)O2)[C@@H](C)C(=O)O[C@H](CC)[C@]1(C)O. The summed E-state index contributed by atoms with van der Waals surface area (Å²) < 4.78 is 43.3. The maximum atomic E-state index is 14.4. The Hall–Kier alpha value is -2.05. The van der Waals surface area contributed by atoms with E-state index in [-0.39, 0.29) is 37.8 Å². The Bertz CT molecular complexity index is 1360. The fourth-order valence-corrected chi connectivity index (χ4v) is 9.04. The summed E-state index contributed by atoms with van der Waals surface area (Å²) in [5.74, 6) is -5.83. The lowest BCUT2D eigenvalue weighted by Crippen LogP contribution is -2.61. The summed E-state index contributed by atoms with van der Waals surface area (Å²) in [5, 5.41) is 47.3. The molecular weight excluding hydrogens is 742 g/mol. The van der Waals surface area contributed by atoms with E-state index in [1.807, 2.05) is 25.9 Å². The largest absolute Gasteiger partial charge is 0.459 e. The average molecular weight is 816 g/mol. The zero-order valence-electron chi connectivity index (χ0n) is 36.5. The van der Waals surface area contributed by atoms with Gasteiger partial charge in [-0.2, -0.15) is 0 Å². The standard InChI is InChI=1S/C42H73NO14/c1-15-17-18-30(44)55-37-24(5)32(45)22(3)20-40(9,49)36(57-39-33(46)28(43(12)13)19-23(4)52-39)25(6)34(26(7)38(48)54-29(16-2)42(37,11)50)56-31-21-41(10,51-14)35(47)27(8)53-31/h15,22-29,31,33-37,39,46-47,49-50H,1,16-21H2,2-14H3/t22-,23-,24+,25+,26-,27+,28+,29-,31+,33-,34+,35+,36-,37-,39+,40+,41-,42+/m1/s1. The average Bonchev–Trinajstić information content (AvgIpc) is 3.14. The van der Waals surface area contributed by atoms with Gasteiger partial charge in [-0.15, -0.1) is 6.58 Å². The van der Waals surface area contributed by atoms with Gasteiger partial charge in [0.1, 0.15) is 35.8 Å². The van der Waals surface area contributed by atoms with Crippen LogP contribution in [0.1, 0.15) is 108 Å². The molecule has 0 saturated carbocycles. The number of allylic oxidation sites excluding steroid dienone is 1. The predicted molar refractivity (Wildman–Crippen MR) is 210 cm³/mol. The van der Waals surface area contributed by atoms with Crippen LogP contribution in [-0.2, 0) is 47.5 Å². The molecule has 15 heteroatoms. The first-order chi connectivity index (χ1) is 26.4. The first-order valence-corrected chi connectivity index (χ1v) is 20.5. The van der Waals surface area contributed by atoms with Crippen molar-refractivity contribution in [1.82, 2.24) is 4.90 Å². The number of aliphatic hydroxyl groups is 4. The highest BCUT2D eigenvalue weighted by Gasteiger charge is 2.54. The molecule has 0 aromatic rings. The van der Waals surface area contributed by atoms with Crippen LogP contribution in [0.3, 0.4) is 0 Å². The van der Waals surface area contributed by atoms with Gasteiger partial charge in [0.05, 0.1) is 47.5 Å². The van der Waals surface area contributed by atoms with Gasteiger partial charge in [0, 0.05) is 37.8 Å². The van der Waals surface area contributed by atoms with Gasteiger partial charge in [0.2, 0.25) is 0 Å². The van der Waals surface area contributed by atoms with Crippen LogP contribution in [0.25, 0.3) is 0 Å². The van der Waals surface area contributed by atoms with Crippen LogP contribution in [0.2, 0.25) is 0 Å². The first-order valence-electron chi connectivity index (χ1n) is 20.5. The molecule has 0 unspecified atom stereocenters. The number of hydrogen-bond donors (Lipinski definition) is 4. The summed E-state index contributed by atoms with van der Waals surface area (Å²) in [6.07, 6.45) is -8.13. The van der Waals surface area contributed by atoms with Crippen LogP contribution in [-0.4, -0.2) is 149 Å². The van der Waals surface area contributed by atoms with E-state index in [1.54, 1.807) is 54.5 Å². The second kappa shape index (κ2) is 20.0. The van der Waals surface area contributed by atoms with Crippen LogP contribution in [0.15, 0.2) is 12.7 Å². The first kappa shape index (κ1) is 49.3. The lowest BCUT2D eigenvalue weighted by Gasteiger charge is -2.49. The highest BCUT2D eigenvalue weighted by atomic mass is 16.7. The van der Waals surface area contributed by atoms with Crippen molar-refractivity contribution in [2.24, 2.45) is 23.7 Å². The van der Waals surface area contributed by atoms with Gasteiger partial charge in [-0.1, -0.05) is 33.8 Å². The molecule has 0 aromatic carbocycles. The zero-order valence-corrected chi connectivity index (χ0v) is 36.5. The highest BCUT2D eigenvalue weighted by molar-refractivity contribution is 5.84. The molecule has 3 rings (SSSR count). The molecule has 3 fully saturated rings. The maximum Gasteiger partial charge on any atom is 0.311 e. The van der Waals surface area contributed by atoms with Crippen LogP contribution >= 0.6 is 0 Å². The second-order valence-corrected chi connectivity index (χ2v) is 17.8. The number of rotatable bonds is 11. The lowest BCUT2D eigenvalue weighted by molar-refractivity contribution is -0.318. The molecule has 0 spiro atoms. The molecule has 57 heavy (non-hydrogen) atoms. The molecule has 0 amide bonds. The van der Waals surface area contributed by atoms with Gasteiger partial charge in [0.25, 0.3) is 0 Å². The number of carbonyl (C=O) groups is 3. The monoisotopic (exact) mass is 816 g/mol. The number of likely N-dealkylation sites (N-methyl/N-ethyl adjacent to an activating group) is 1. The van der Waals surface area contributed by atoms with E-state index < -0.39 is 114 Å². The van der Waals surface area contributed by atoms with Gasteiger partial charge >= 0.3 is 11.9 Å².